The van der Waals surface area contributed by atoms with Crippen LogP contribution in [0, 0.1) is 10.1 Å². The molecule has 0 saturated carbocycles. The van der Waals surface area contributed by atoms with Crippen molar-refractivity contribution in [3.8, 4) is 17.2 Å². The van der Waals surface area contributed by atoms with Crippen LogP contribution in [0.3, 0.4) is 0 Å². The van der Waals surface area contributed by atoms with E-state index in [1.54, 1.807) is 6.07 Å². The lowest BCUT2D eigenvalue weighted by Gasteiger charge is -2.07. The second kappa shape index (κ2) is 6.00. The number of nitro benzene ring substituents is 1. The number of nitrogens with zero attached hydrogens (tertiary/aromatic N) is 2. The van der Waals surface area contributed by atoms with Crippen LogP contribution in [0.25, 0.3) is 0 Å². The summed E-state index contributed by atoms with van der Waals surface area (Å²) in [5, 5.41) is 11.0. The summed E-state index contributed by atoms with van der Waals surface area (Å²) in [7, 11) is 1.42. The van der Waals surface area contributed by atoms with Gasteiger partial charge in [-0.15, -0.1) is 0 Å². The molecule has 1 aromatic heterocycles. The van der Waals surface area contributed by atoms with Gasteiger partial charge in [0.05, 0.1) is 24.3 Å². The predicted molar refractivity (Wildman–Crippen MR) is 74.0 cm³/mol. The fraction of sp³-hybridized carbons (Fsp3) is 0.143. The van der Waals surface area contributed by atoms with Gasteiger partial charge in [-0.2, -0.15) is 0 Å². The molecule has 7 heteroatoms. The van der Waals surface area contributed by atoms with E-state index in [9.17, 15) is 14.9 Å². The maximum atomic E-state index is 11.1. The summed E-state index contributed by atoms with van der Waals surface area (Å²) >= 11 is 0. The largest absolute Gasteiger partial charge is 0.496 e. The summed E-state index contributed by atoms with van der Waals surface area (Å²) in [5.74, 6) is 0.558. The summed E-state index contributed by atoms with van der Waals surface area (Å²) in [6, 6.07) is 7.28. The molecule has 0 spiro atoms. The van der Waals surface area contributed by atoms with Crippen LogP contribution >= 0.6 is 0 Å². The van der Waals surface area contributed by atoms with Gasteiger partial charge in [-0.1, -0.05) is 0 Å². The number of rotatable bonds is 5. The predicted octanol–water partition coefficient (Wildman–Crippen LogP) is 2.99. The molecule has 0 bridgehead atoms. The molecule has 2 aromatic rings. The molecule has 0 amide bonds. The number of carbonyl (C=O) groups excluding carboxylic acids is 1. The number of hydrogen-bond acceptors (Lipinski definition) is 6. The van der Waals surface area contributed by atoms with E-state index < -0.39 is 4.92 Å². The number of ether oxygens (including phenoxy) is 2. The summed E-state index contributed by atoms with van der Waals surface area (Å²) < 4.78 is 10.4. The molecular formula is C14H12N2O5. The normalized spacial score (nSPS) is 10.0. The molecular weight excluding hydrogens is 276 g/mol. The molecule has 108 valence electrons. The van der Waals surface area contributed by atoms with Crippen LogP contribution in [0.5, 0.6) is 17.2 Å². The third kappa shape index (κ3) is 3.33. The highest BCUT2D eigenvalue weighted by Gasteiger charge is 2.17. The molecule has 0 atom stereocenters. The number of carbonyl (C=O) groups is 1. The molecule has 1 heterocycles. The molecule has 0 fully saturated rings. The van der Waals surface area contributed by atoms with E-state index in [-0.39, 0.29) is 17.2 Å². The lowest BCUT2D eigenvalue weighted by molar-refractivity contribution is -0.385. The zero-order valence-electron chi connectivity index (χ0n) is 11.4. The van der Waals surface area contributed by atoms with Gasteiger partial charge in [-0.3, -0.25) is 14.9 Å². The van der Waals surface area contributed by atoms with Crippen molar-refractivity contribution in [2.24, 2.45) is 0 Å². The Bertz CT molecular complexity index is 682. The first-order valence-corrected chi connectivity index (χ1v) is 5.98. The fourth-order valence-electron chi connectivity index (χ4n) is 1.63. The van der Waals surface area contributed by atoms with Crippen LogP contribution in [-0.2, 0) is 0 Å². The molecule has 2 rings (SSSR count). The first kappa shape index (κ1) is 14.4. The van der Waals surface area contributed by atoms with Gasteiger partial charge in [0, 0.05) is 6.92 Å². The zero-order valence-corrected chi connectivity index (χ0v) is 11.4. The topological polar surface area (TPSA) is 91.6 Å². The first-order chi connectivity index (χ1) is 10.0. The second-order valence-electron chi connectivity index (χ2n) is 4.13. The molecule has 0 radical (unpaired) electrons. The second-order valence-corrected chi connectivity index (χ2v) is 4.13. The summed E-state index contributed by atoms with van der Waals surface area (Å²) in [5.41, 5.74) is 0.0802. The maximum Gasteiger partial charge on any atom is 0.315 e. The van der Waals surface area contributed by atoms with Gasteiger partial charge in [0.1, 0.15) is 17.2 Å². The van der Waals surface area contributed by atoms with E-state index in [1.807, 2.05) is 0 Å². The Hall–Kier alpha value is -2.96. The van der Waals surface area contributed by atoms with Gasteiger partial charge in [-0.05, 0) is 24.3 Å². The van der Waals surface area contributed by atoms with Crippen LogP contribution in [0.1, 0.15) is 17.4 Å². The summed E-state index contributed by atoms with van der Waals surface area (Å²) in [4.78, 5) is 25.5. The van der Waals surface area contributed by atoms with Crippen LogP contribution in [0.4, 0.5) is 5.69 Å². The van der Waals surface area contributed by atoms with Crippen LogP contribution < -0.4 is 9.47 Å². The number of hydrogen-bond donors (Lipinski definition) is 0. The molecule has 0 saturated heterocycles. The molecule has 21 heavy (non-hydrogen) atoms. The average Bonchev–Trinajstić information content (AvgIpc) is 2.48. The third-order valence-electron chi connectivity index (χ3n) is 2.69. The van der Waals surface area contributed by atoms with Crippen molar-refractivity contribution < 1.29 is 19.2 Å². The Labute approximate surface area is 120 Å². The van der Waals surface area contributed by atoms with E-state index in [0.29, 0.717) is 17.2 Å². The summed E-state index contributed by atoms with van der Waals surface area (Å²) in [6.45, 7) is 1.40. The van der Waals surface area contributed by atoms with Crippen LogP contribution in [0.2, 0.25) is 0 Å². The number of methoxy groups -OCH3 is 1. The van der Waals surface area contributed by atoms with Gasteiger partial charge in [0.2, 0.25) is 5.75 Å². The van der Waals surface area contributed by atoms with E-state index in [0.717, 1.165) is 0 Å². The Morgan fingerprint density at radius 1 is 1.24 bits per heavy atom. The maximum absolute atomic E-state index is 11.1. The van der Waals surface area contributed by atoms with E-state index in [2.05, 4.69) is 4.98 Å². The van der Waals surface area contributed by atoms with Crippen molar-refractivity contribution in [1.82, 2.24) is 4.98 Å². The molecule has 0 aliphatic heterocycles. The Kier molecular flexibility index (Phi) is 4.13. The smallest absolute Gasteiger partial charge is 0.315 e. The van der Waals surface area contributed by atoms with Crippen molar-refractivity contribution in [3.63, 3.8) is 0 Å². The molecule has 7 nitrogen and oxygen atoms in total. The van der Waals surface area contributed by atoms with Crippen molar-refractivity contribution in [3.05, 3.63) is 52.3 Å². The van der Waals surface area contributed by atoms with Crippen LogP contribution in [0.15, 0.2) is 36.5 Å². The summed E-state index contributed by atoms with van der Waals surface area (Å²) in [6.07, 6.45) is 1.34. The van der Waals surface area contributed by atoms with Crippen molar-refractivity contribution >= 4 is 11.5 Å². The standard InChI is InChI=1S/C14H12N2O5/c1-9(17)12-5-3-11(8-15-12)21-14-6-4-10(20-2)7-13(14)16(18)19/h3-8H,1-2H3. The van der Waals surface area contributed by atoms with Gasteiger partial charge >= 0.3 is 5.69 Å². The number of aromatic nitrogens is 1. The minimum atomic E-state index is -0.560. The first-order valence-electron chi connectivity index (χ1n) is 5.98. The number of benzene rings is 1. The van der Waals surface area contributed by atoms with Crippen LogP contribution in [-0.4, -0.2) is 22.8 Å². The van der Waals surface area contributed by atoms with Gasteiger partial charge in [0.25, 0.3) is 0 Å². The Morgan fingerprint density at radius 2 is 1.95 bits per heavy atom. The highest BCUT2D eigenvalue weighted by molar-refractivity contribution is 5.92. The SMILES string of the molecule is COc1ccc(Oc2ccc(C(C)=O)nc2)c([N+](=O)[O-])c1. The van der Waals surface area contributed by atoms with Gasteiger partial charge < -0.3 is 9.47 Å². The Morgan fingerprint density at radius 3 is 2.48 bits per heavy atom. The van der Waals surface area contributed by atoms with Crippen molar-refractivity contribution in [2.45, 2.75) is 6.92 Å². The zero-order chi connectivity index (χ0) is 15.4. The van der Waals surface area contributed by atoms with Gasteiger partial charge in [-0.25, -0.2) is 4.98 Å². The monoisotopic (exact) mass is 288 g/mol. The van der Waals surface area contributed by atoms with E-state index in [1.165, 1.54) is 44.5 Å². The highest BCUT2D eigenvalue weighted by Crippen LogP contribution is 2.34. The van der Waals surface area contributed by atoms with Crippen molar-refractivity contribution in [2.75, 3.05) is 7.11 Å². The lowest BCUT2D eigenvalue weighted by atomic mass is 10.2. The molecule has 0 N–H and O–H groups in total. The fourth-order valence-corrected chi connectivity index (χ4v) is 1.63. The highest BCUT2D eigenvalue weighted by atomic mass is 16.6. The average molecular weight is 288 g/mol. The third-order valence-corrected chi connectivity index (χ3v) is 2.69. The minimum absolute atomic E-state index is 0.0678. The lowest BCUT2D eigenvalue weighted by Crippen LogP contribution is -1.97. The molecule has 0 aliphatic rings. The number of ketones is 1. The minimum Gasteiger partial charge on any atom is -0.496 e. The molecule has 0 aliphatic carbocycles. The number of pyridine rings is 1. The molecule has 0 unspecified atom stereocenters. The molecule has 1 aromatic carbocycles. The quantitative estimate of drug-likeness (QED) is 0.477. The van der Waals surface area contributed by atoms with E-state index >= 15 is 0 Å². The van der Waals surface area contributed by atoms with Gasteiger partial charge in [0.15, 0.2) is 5.78 Å². The Balaban J connectivity index is 2.30. The van der Waals surface area contributed by atoms with E-state index in [4.69, 9.17) is 9.47 Å². The number of nitro groups is 1. The van der Waals surface area contributed by atoms with Crippen molar-refractivity contribution in [1.29, 1.82) is 0 Å². The number of Topliss-reactive ketones (excluding diaryl/α,β-unsaturated/α-hetero) is 1.